The van der Waals surface area contributed by atoms with Gasteiger partial charge in [-0.2, -0.15) is 0 Å². The van der Waals surface area contributed by atoms with Crippen LogP contribution in [0.5, 0.6) is 0 Å². The standard InChI is InChI=1S/C18H36N2/c1-4-7-16-9-10-17(19-11-5-2)18(13-16)20-12-6-8-15(3)14-20/h15-19H,4-14H2,1-3H3. The molecule has 1 heterocycles. The van der Waals surface area contributed by atoms with Crippen molar-refractivity contribution in [1.82, 2.24) is 10.2 Å². The fourth-order valence-electron chi connectivity index (χ4n) is 4.40. The zero-order valence-corrected chi connectivity index (χ0v) is 14.0. The molecule has 0 radical (unpaired) electrons. The second-order valence-corrected chi connectivity index (χ2v) is 7.34. The van der Waals surface area contributed by atoms with E-state index < -0.39 is 0 Å². The molecule has 1 N–H and O–H groups in total. The Kier molecular flexibility index (Phi) is 6.83. The van der Waals surface area contributed by atoms with E-state index in [1.807, 2.05) is 0 Å². The zero-order chi connectivity index (χ0) is 14.4. The fourth-order valence-corrected chi connectivity index (χ4v) is 4.40. The third kappa shape index (κ3) is 4.46. The van der Waals surface area contributed by atoms with Gasteiger partial charge in [0.25, 0.3) is 0 Å². The van der Waals surface area contributed by atoms with Crippen LogP contribution in [0.4, 0.5) is 0 Å². The van der Waals surface area contributed by atoms with Gasteiger partial charge in [0.2, 0.25) is 0 Å². The first-order valence-electron chi connectivity index (χ1n) is 9.22. The number of nitrogens with zero attached hydrogens (tertiary/aromatic N) is 1. The van der Waals surface area contributed by atoms with Crippen molar-refractivity contribution in [2.75, 3.05) is 19.6 Å². The molecule has 118 valence electrons. The third-order valence-corrected chi connectivity index (χ3v) is 5.44. The first kappa shape index (κ1) is 16.3. The molecule has 2 nitrogen and oxygen atoms in total. The van der Waals surface area contributed by atoms with Crippen LogP contribution in [0.2, 0.25) is 0 Å². The van der Waals surface area contributed by atoms with Crippen LogP contribution in [0.25, 0.3) is 0 Å². The Balaban J connectivity index is 1.96. The van der Waals surface area contributed by atoms with Gasteiger partial charge >= 0.3 is 0 Å². The molecule has 20 heavy (non-hydrogen) atoms. The first-order valence-corrected chi connectivity index (χ1v) is 9.22. The summed E-state index contributed by atoms with van der Waals surface area (Å²) < 4.78 is 0. The minimum Gasteiger partial charge on any atom is -0.312 e. The lowest BCUT2D eigenvalue weighted by molar-refractivity contribution is 0.0605. The van der Waals surface area contributed by atoms with Gasteiger partial charge in [0, 0.05) is 18.6 Å². The Morgan fingerprint density at radius 3 is 2.65 bits per heavy atom. The van der Waals surface area contributed by atoms with Crippen LogP contribution in [-0.4, -0.2) is 36.6 Å². The molecule has 0 bridgehead atoms. The third-order valence-electron chi connectivity index (χ3n) is 5.44. The van der Waals surface area contributed by atoms with Gasteiger partial charge in [-0.15, -0.1) is 0 Å². The highest BCUT2D eigenvalue weighted by atomic mass is 15.2. The first-order chi connectivity index (χ1) is 9.74. The van der Waals surface area contributed by atoms with Crippen molar-refractivity contribution in [3.63, 3.8) is 0 Å². The maximum atomic E-state index is 3.85. The van der Waals surface area contributed by atoms with Gasteiger partial charge in [-0.25, -0.2) is 0 Å². The lowest BCUT2D eigenvalue weighted by atomic mass is 9.78. The summed E-state index contributed by atoms with van der Waals surface area (Å²) in [6, 6.07) is 1.57. The molecule has 1 aliphatic carbocycles. The average molecular weight is 280 g/mol. The molecule has 2 aliphatic rings. The predicted octanol–water partition coefficient (Wildman–Crippen LogP) is 4.06. The molecular formula is C18H36N2. The number of likely N-dealkylation sites (tertiary alicyclic amines) is 1. The average Bonchev–Trinajstić information content (AvgIpc) is 2.46. The summed E-state index contributed by atoms with van der Waals surface area (Å²) in [5, 5.41) is 3.85. The number of hydrogen-bond donors (Lipinski definition) is 1. The van der Waals surface area contributed by atoms with E-state index in [4.69, 9.17) is 0 Å². The molecule has 1 aliphatic heterocycles. The van der Waals surface area contributed by atoms with E-state index in [0.717, 1.165) is 23.9 Å². The lowest BCUT2D eigenvalue weighted by Gasteiger charge is -2.46. The molecule has 1 saturated carbocycles. The summed E-state index contributed by atoms with van der Waals surface area (Å²) in [7, 11) is 0. The maximum Gasteiger partial charge on any atom is 0.0252 e. The monoisotopic (exact) mass is 280 g/mol. The Morgan fingerprint density at radius 1 is 1.10 bits per heavy atom. The lowest BCUT2D eigenvalue weighted by Crippen LogP contribution is -2.55. The van der Waals surface area contributed by atoms with Crippen LogP contribution in [0, 0.1) is 11.8 Å². The van der Waals surface area contributed by atoms with Gasteiger partial charge in [-0.05, 0) is 63.5 Å². The minimum absolute atomic E-state index is 0.758. The fraction of sp³-hybridized carbons (Fsp3) is 1.00. The van der Waals surface area contributed by atoms with Gasteiger partial charge in [0.05, 0.1) is 0 Å². The highest BCUT2D eigenvalue weighted by Gasteiger charge is 2.35. The van der Waals surface area contributed by atoms with Crippen molar-refractivity contribution < 1.29 is 0 Å². The molecule has 2 rings (SSSR count). The molecule has 4 atom stereocenters. The topological polar surface area (TPSA) is 15.3 Å². The molecule has 0 amide bonds. The van der Waals surface area contributed by atoms with E-state index in [1.165, 1.54) is 71.0 Å². The van der Waals surface area contributed by atoms with Crippen molar-refractivity contribution in [1.29, 1.82) is 0 Å². The summed E-state index contributed by atoms with van der Waals surface area (Å²) in [6.07, 6.45) is 11.2. The molecule has 0 aromatic rings. The van der Waals surface area contributed by atoms with Crippen molar-refractivity contribution in [2.45, 2.75) is 84.2 Å². The molecule has 0 spiro atoms. The Morgan fingerprint density at radius 2 is 1.95 bits per heavy atom. The molecule has 2 heteroatoms. The number of rotatable bonds is 6. The van der Waals surface area contributed by atoms with Gasteiger partial charge in [-0.1, -0.05) is 33.6 Å². The van der Waals surface area contributed by atoms with Crippen molar-refractivity contribution in [3.05, 3.63) is 0 Å². The maximum absolute atomic E-state index is 3.85. The summed E-state index contributed by atoms with van der Waals surface area (Å²) >= 11 is 0. The predicted molar refractivity (Wildman–Crippen MR) is 88.1 cm³/mol. The van der Waals surface area contributed by atoms with Gasteiger partial charge in [0.1, 0.15) is 0 Å². The highest BCUT2D eigenvalue weighted by molar-refractivity contribution is 4.92. The SMILES string of the molecule is CCCNC1CCC(CCC)CC1N1CCCC(C)C1. The quantitative estimate of drug-likeness (QED) is 0.789. The second-order valence-electron chi connectivity index (χ2n) is 7.34. The largest absolute Gasteiger partial charge is 0.312 e. The molecule has 0 aromatic carbocycles. The molecular weight excluding hydrogens is 244 g/mol. The molecule has 1 saturated heterocycles. The van der Waals surface area contributed by atoms with Crippen LogP contribution >= 0.6 is 0 Å². The normalized spacial score (nSPS) is 36.1. The highest BCUT2D eigenvalue weighted by Crippen LogP contribution is 2.33. The smallest absolute Gasteiger partial charge is 0.0252 e. The Hall–Kier alpha value is -0.0800. The second kappa shape index (κ2) is 8.38. The van der Waals surface area contributed by atoms with Crippen LogP contribution in [-0.2, 0) is 0 Å². The van der Waals surface area contributed by atoms with Crippen molar-refractivity contribution in [2.24, 2.45) is 11.8 Å². The van der Waals surface area contributed by atoms with Crippen molar-refractivity contribution in [3.8, 4) is 0 Å². The summed E-state index contributed by atoms with van der Waals surface area (Å²) in [6.45, 7) is 11.0. The van der Waals surface area contributed by atoms with Gasteiger partial charge in [-0.3, -0.25) is 4.90 Å². The number of nitrogens with one attached hydrogen (secondary N) is 1. The van der Waals surface area contributed by atoms with E-state index in [-0.39, 0.29) is 0 Å². The van der Waals surface area contributed by atoms with E-state index in [9.17, 15) is 0 Å². The van der Waals surface area contributed by atoms with Crippen LogP contribution in [0.3, 0.4) is 0 Å². The van der Waals surface area contributed by atoms with Crippen LogP contribution in [0.1, 0.15) is 72.1 Å². The summed E-state index contributed by atoms with van der Waals surface area (Å²) in [5.74, 6) is 1.89. The molecule has 2 fully saturated rings. The van der Waals surface area contributed by atoms with Crippen LogP contribution < -0.4 is 5.32 Å². The summed E-state index contributed by atoms with van der Waals surface area (Å²) in [5.41, 5.74) is 0. The van der Waals surface area contributed by atoms with E-state index in [1.54, 1.807) is 0 Å². The van der Waals surface area contributed by atoms with Gasteiger partial charge < -0.3 is 5.32 Å². The van der Waals surface area contributed by atoms with E-state index in [0.29, 0.717) is 0 Å². The number of hydrogen-bond acceptors (Lipinski definition) is 2. The Bertz CT molecular complexity index is 266. The zero-order valence-electron chi connectivity index (χ0n) is 14.0. The van der Waals surface area contributed by atoms with E-state index >= 15 is 0 Å². The summed E-state index contributed by atoms with van der Waals surface area (Å²) in [4.78, 5) is 2.84. The molecule has 4 unspecified atom stereocenters. The minimum atomic E-state index is 0.758. The van der Waals surface area contributed by atoms with Crippen LogP contribution in [0.15, 0.2) is 0 Å². The molecule has 0 aromatic heterocycles. The Labute approximate surface area is 126 Å². The van der Waals surface area contributed by atoms with E-state index in [2.05, 4.69) is 31.0 Å². The number of piperidine rings is 1. The van der Waals surface area contributed by atoms with Crippen molar-refractivity contribution >= 4 is 0 Å². The van der Waals surface area contributed by atoms with Gasteiger partial charge in [0.15, 0.2) is 0 Å².